The van der Waals surface area contributed by atoms with Gasteiger partial charge in [0, 0.05) is 15.3 Å². The summed E-state index contributed by atoms with van der Waals surface area (Å²) in [5, 5.41) is 0. The number of nitrogens with zero attached hydrogens (tertiary/aromatic N) is 1. The van der Waals surface area contributed by atoms with E-state index in [4.69, 9.17) is 0 Å². The van der Waals surface area contributed by atoms with Gasteiger partial charge in [0.1, 0.15) is 5.69 Å². The Kier molecular flexibility index (Phi) is 2.95. The zero-order valence-corrected chi connectivity index (χ0v) is 9.70. The Bertz CT molecular complexity index is 482. The number of aromatic nitrogens is 1. The fourth-order valence-electron chi connectivity index (χ4n) is 1.23. The lowest BCUT2D eigenvalue weighted by Gasteiger charge is -2.02. The lowest BCUT2D eigenvalue weighted by molar-refractivity contribution is 0.507. The third-order valence-corrected chi connectivity index (χ3v) is 2.68. The highest BCUT2D eigenvalue weighted by Crippen LogP contribution is 2.22. The van der Waals surface area contributed by atoms with Crippen molar-refractivity contribution in [2.75, 3.05) is 0 Å². The maximum Gasteiger partial charge on any atom is 0.185 e. The lowest BCUT2D eigenvalue weighted by atomic mass is 10.1. The molecule has 0 atom stereocenters. The van der Waals surface area contributed by atoms with Crippen molar-refractivity contribution < 1.29 is 8.78 Å². The standard InChI is InChI=1S/C11H6F2IN/c12-9-5-6-15-11(10(9)13)7-1-3-8(14)4-2-7/h1-6H. The first-order chi connectivity index (χ1) is 7.18. The van der Waals surface area contributed by atoms with E-state index in [0.29, 0.717) is 5.56 Å². The van der Waals surface area contributed by atoms with Gasteiger partial charge in [-0.05, 0) is 40.8 Å². The Morgan fingerprint density at radius 2 is 1.67 bits per heavy atom. The number of benzene rings is 1. The second kappa shape index (κ2) is 4.22. The average molecular weight is 317 g/mol. The minimum absolute atomic E-state index is 0.0476. The predicted octanol–water partition coefficient (Wildman–Crippen LogP) is 3.63. The van der Waals surface area contributed by atoms with Crippen LogP contribution in [0.1, 0.15) is 0 Å². The van der Waals surface area contributed by atoms with Gasteiger partial charge in [-0.2, -0.15) is 0 Å². The fraction of sp³-hybridized carbons (Fsp3) is 0. The molecule has 0 spiro atoms. The molecule has 0 saturated carbocycles. The first-order valence-corrected chi connectivity index (χ1v) is 5.32. The van der Waals surface area contributed by atoms with Crippen LogP contribution in [-0.2, 0) is 0 Å². The van der Waals surface area contributed by atoms with E-state index < -0.39 is 11.6 Å². The SMILES string of the molecule is Fc1ccnc(-c2ccc(I)cc2)c1F. The van der Waals surface area contributed by atoms with Gasteiger partial charge < -0.3 is 0 Å². The van der Waals surface area contributed by atoms with Gasteiger partial charge in [-0.1, -0.05) is 12.1 Å². The molecule has 0 aliphatic heterocycles. The van der Waals surface area contributed by atoms with Gasteiger partial charge in [0.2, 0.25) is 0 Å². The first kappa shape index (κ1) is 10.5. The molecule has 1 aromatic heterocycles. The van der Waals surface area contributed by atoms with E-state index in [0.717, 1.165) is 9.64 Å². The molecular formula is C11H6F2IN. The van der Waals surface area contributed by atoms with Crippen molar-refractivity contribution in [2.45, 2.75) is 0 Å². The molecule has 0 unspecified atom stereocenters. The summed E-state index contributed by atoms with van der Waals surface area (Å²) in [7, 11) is 0. The summed E-state index contributed by atoms with van der Waals surface area (Å²) < 4.78 is 27.3. The van der Waals surface area contributed by atoms with Crippen LogP contribution in [0.2, 0.25) is 0 Å². The summed E-state index contributed by atoms with van der Waals surface area (Å²) in [6, 6.07) is 8.08. The Morgan fingerprint density at radius 3 is 2.33 bits per heavy atom. The smallest absolute Gasteiger partial charge is 0.185 e. The van der Waals surface area contributed by atoms with Crippen molar-refractivity contribution in [1.82, 2.24) is 4.98 Å². The van der Waals surface area contributed by atoms with Crippen LogP contribution < -0.4 is 0 Å². The monoisotopic (exact) mass is 317 g/mol. The molecule has 0 N–H and O–H groups in total. The Balaban J connectivity index is 2.54. The van der Waals surface area contributed by atoms with Crippen LogP contribution in [0.3, 0.4) is 0 Å². The van der Waals surface area contributed by atoms with E-state index in [1.54, 1.807) is 12.1 Å². The van der Waals surface area contributed by atoms with Gasteiger partial charge in [-0.15, -0.1) is 0 Å². The maximum absolute atomic E-state index is 13.3. The van der Waals surface area contributed by atoms with Crippen LogP contribution in [0.5, 0.6) is 0 Å². The summed E-state index contributed by atoms with van der Waals surface area (Å²) in [6.45, 7) is 0. The first-order valence-electron chi connectivity index (χ1n) is 4.24. The molecule has 2 aromatic rings. The van der Waals surface area contributed by atoms with Crippen LogP contribution in [-0.4, -0.2) is 4.98 Å². The summed E-state index contributed by atoms with van der Waals surface area (Å²) in [6.07, 6.45) is 1.26. The summed E-state index contributed by atoms with van der Waals surface area (Å²) >= 11 is 2.14. The molecule has 0 bridgehead atoms. The van der Waals surface area contributed by atoms with E-state index in [1.807, 2.05) is 12.1 Å². The van der Waals surface area contributed by atoms with Gasteiger partial charge in [-0.3, -0.25) is 4.98 Å². The van der Waals surface area contributed by atoms with Crippen LogP contribution in [0, 0.1) is 15.2 Å². The molecule has 2 rings (SSSR count). The van der Waals surface area contributed by atoms with Gasteiger partial charge in [-0.25, -0.2) is 8.78 Å². The molecule has 0 saturated heterocycles. The number of rotatable bonds is 1. The zero-order chi connectivity index (χ0) is 10.8. The van der Waals surface area contributed by atoms with Gasteiger partial charge >= 0.3 is 0 Å². The zero-order valence-electron chi connectivity index (χ0n) is 7.55. The lowest BCUT2D eigenvalue weighted by Crippen LogP contribution is -1.92. The van der Waals surface area contributed by atoms with E-state index >= 15 is 0 Å². The molecule has 76 valence electrons. The number of pyridine rings is 1. The van der Waals surface area contributed by atoms with Gasteiger partial charge in [0.05, 0.1) is 0 Å². The predicted molar refractivity (Wildman–Crippen MR) is 62.3 cm³/mol. The molecule has 0 fully saturated rings. The van der Waals surface area contributed by atoms with E-state index in [9.17, 15) is 8.78 Å². The number of halogens is 3. The molecule has 4 heteroatoms. The molecule has 0 amide bonds. The topological polar surface area (TPSA) is 12.9 Å². The van der Waals surface area contributed by atoms with E-state index in [1.165, 1.54) is 6.20 Å². The summed E-state index contributed by atoms with van der Waals surface area (Å²) in [5.74, 6) is -1.78. The highest BCUT2D eigenvalue weighted by molar-refractivity contribution is 14.1. The largest absolute Gasteiger partial charge is 0.253 e. The minimum atomic E-state index is -0.904. The highest BCUT2D eigenvalue weighted by Gasteiger charge is 2.10. The quantitative estimate of drug-likeness (QED) is 0.732. The normalized spacial score (nSPS) is 10.3. The molecule has 1 aromatic carbocycles. The second-order valence-corrected chi connectivity index (χ2v) is 4.21. The van der Waals surface area contributed by atoms with Gasteiger partial charge in [0.25, 0.3) is 0 Å². The number of hydrogen-bond donors (Lipinski definition) is 0. The third-order valence-electron chi connectivity index (χ3n) is 1.96. The van der Waals surface area contributed by atoms with Crippen molar-refractivity contribution in [3.8, 4) is 11.3 Å². The van der Waals surface area contributed by atoms with Crippen LogP contribution >= 0.6 is 22.6 Å². The second-order valence-electron chi connectivity index (χ2n) is 2.96. The van der Waals surface area contributed by atoms with Crippen molar-refractivity contribution in [3.05, 3.63) is 51.7 Å². The summed E-state index contributed by atoms with van der Waals surface area (Å²) in [4.78, 5) is 3.82. The Morgan fingerprint density at radius 1 is 1.00 bits per heavy atom. The fourth-order valence-corrected chi connectivity index (χ4v) is 1.59. The highest BCUT2D eigenvalue weighted by atomic mass is 127. The van der Waals surface area contributed by atoms with Crippen molar-refractivity contribution >= 4 is 22.6 Å². The van der Waals surface area contributed by atoms with E-state index in [-0.39, 0.29) is 5.69 Å². The van der Waals surface area contributed by atoms with E-state index in [2.05, 4.69) is 27.6 Å². The van der Waals surface area contributed by atoms with Crippen molar-refractivity contribution in [1.29, 1.82) is 0 Å². The maximum atomic E-state index is 13.3. The van der Waals surface area contributed by atoms with Crippen molar-refractivity contribution in [2.24, 2.45) is 0 Å². The molecule has 1 nitrogen and oxygen atoms in total. The molecular weight excluding hydrogens is 311 g/mol. The van der Waals surface area contributed by atoms with Crippen LogP contribution in [0.25, 0.3) is 11.3 Å². The molecule has 0 aliphatic rings. The van der Waals surface area contributed by atoms with Crippen LogP contribution in [0.4, 0.5) is 8.78 Å². The number of hydrogen-bond acceptors (Lipinski definition) is 1. The summed E-state index contributed by atoms with van der Waals surface area (Å²) in [5.41, 5.74) is 0.624. The Labute approximate surface area is 99.3 Å². The minimum Gasteiger partial charge on any atom is -0.253 e. The van der Waals surface area contributed by atoms with Crippen LogP contribution in [0.15, 0.2) is 36.5 Å². The molecule has 1 heterocycles. The molecule has 15 heavy (non-hydrogen) atoms. The van der Waals surface area contributed by atoms with Gasteiger partial charge in [0.15, 0.2) is 11.6 Å². The third kappa shape index (κ3) is 2.14. The molecule has 0 aliphatic carbocycles. The van der Waals surface area contributed by atoms with Crippen molar-refractivity contribution in [3.63, 3.8) is 0 Å². The Hall–Kier alpha value is -1.04. The molecule has 0 radical (unpaired) electrons. The average Bonchev–Trinajstić information content (AvgIpc) is 2.24.